The van der Waals surface area contributed by atoms with Crippen LogP contribution in [0.4, 0.5) is 0 Å². The third kappa shape index (κ3) is 4.14. The summed E-state index contributed by atoms with van der Waals surface area (Å²) in [7, 11) is 0. The number of fused-ring (bicyclic) bond motifs is 1. The van der Waals surface area contributed by atoms with Gasteiger partial charge in [-0.3, -0.25) is 9.59 Å². The Labute approximate surface area is 145 Å². The molecule has 3 rings (SSSR count). The molecule has 2 fully saturated rings. The number of carbonyl (C=O) groups excluding carboxylic acids is 2. The van der Waals surface area contributed by atoms with Crippen molar-refractivity contribution in [3.8, 4) is 0 Å². The summed E-state index contributed by atoms with van der Waals surface area (Å²) in [5.41, 5.74) is 0.576. The molecule has 0 spiro atoms. The van der Waals surface area contributed by atoms with Gasteiger partial charge in [0.05, 0.1) is 6.54 Å². The topological polar surface area (TPSA) is 49.4 Å². The maximum atomic E-state index is 12.4. The Bertz CT molecular complexity index is 573. The summed E-state index contributed by atoms with van der Waals surface area (Å²) >= 11 is 3.34. The Morgan fingerprint density at radius 1 is 1.09 bits per heavy atom. The molecular weight excluding hydrogens is 356 g/mol. The predicted molar refractivity (Wildman–Crippen MR) is 93.1 cm³/mol. The van der Waals surface area contributed by atoms with Crippen molar-refractivity contribution >= 4 is 27.7 Å². The number of carbonyl (C=O) groups is 2. The van der Waals surface area contributed by atoms with Gasteiger partial charge in [-0.15, -0.1) is 0 Å². The molecule has 1 aromatic rings. The van der Waals surface area contributed by atoms with E-state index in [0.717, 1.165) is 29.9 Å². The van der Waals surface area contributed by atoms with Gasteiger partial charge < -0.3 is 10.2 Å². The van der Waals surface area contributed by atoms with Gasteiger partial charge in [0.1, 0.15) is 0 Å². The molecule has 2 amide bonds. The molecule has 0 radical (unpaired) electrons. The van der Waals surface area contributed by atoms with E-state index in [1.165, 1.54) is 25.7 Å². The van der Waals surface area contributed by atoms with Crippen LogP contribution in [-0.4, -0.2) is 36.3 Å². The van der Waals surface area contributed by atoms with Crippen molar-refractivity contribution in [2.45, 2.75) is 32.1 Å². The minimum atomic E-state index is -0.196. The molecule has 1 saturated carbocycles. The molecule has 0 aromatic heterocycles. The number of halogens is 1. The normalized spacial score (nSPS) is 24.0. The molecule has 1 saturated heterocycles. The molecule has 0 bridgehead atoms. The summed E-state index contributed by atoms with van der Waals surface area (Å²) in [6.07, 6.45) is 6.34. The third-order valence-electron chi connectivity index (χ3n) is 5.15. The highest BCUT2D eigenvalue weighted by Gasteiger charge is 2.32. The van der Waals surface area contributed by atoms with E-state index in [2.05, 4.69) is 21.2 Å². The zero-order valence-corrected chi connectivity index (χ0v) is 14.8. The average molecular weight is 379 g/mol. The first-order chi connectivity index (χ1) is 11.1. The van der Waals surface area contributed by atoms with Gasteiger partial charge in [0, 0.05) is 23.1 Å². The fourth-order valence-electron chi connectivity index (χ4n) is 3.80. The Morgan fingerprint density at radius 3 is 2.52 bits per heavy atom. The largest absolute Gasteiger partial charge is 0.343 e. The van der Waals surface area contributed by atoms with E-state index in [4.69, 9.17) is 0 Å². The van der Waals surface area contributed by atoms with Gasteiger partial charge in [-0.2, -0.15) is 0 Å². The van der Waals surface area contributed by atoms with Crippen LogP contribution < -0.4 is 5.32 Å². The van der Waals surface area contributed by atoms with Gasteiger partial charge in [-0.1, -0.05) is 35.2 Å². The minimum absolute atomic E-state index is 0.0412. The standard InChI is InChI=1S/C18H23BrN2O2/c19-16-7-5-14(6-8-16)18(23)20-11-17(22)21-10-9-13-3-1-2-4-15(13)12-21/h5-8,13,15H,1-4,9-12H2,(H,20,23)/t13-,15+/m0/s1. The van der Waals surface area contributed by atoms with Crippen LogP contribution in [0.2, 0.25) is 0 Å². The van der Waals surface area contributed by atoms with Gasteiger partial charge in [0.2, 0.25) is 5.91 Å². The van der Waals surface area contributed by atoms with E-state index < -0.39 is 0 Å². The van der Waals surface area contributed by atoms with E-state index in [9.17, 15) is 9.59 Å². The van der Waals surface area contributed by atoms with E-state index in [1.807, 2.05) is 17.0 Å². The molecule has 23 heavy (non-hydrogen) atoms. The number of amides is 2. The summed E-state index contributed by atoms with van der Waals surface area (Å²) in [5, 5.41) is 2.74. The number of likely N-dealkylation sites (tertiary alicyclic amines) is 1. The molecule has 1 N–H and O–H groups in total. The van der Waals surface area contributed by atoms with Gasteiger partial charge in [0.25, 0.3) is 5.91 Å². The second-order valence-electron chi connectivity index (χ2n) is 6.62. The second kappa shape index (κ2) is 7.47. The van der Waals surface area contributed by atoms with Gasteiger partial charge >= 0.3 is 0 Å². The number of rotatable bonds is 3. The number of hydrogen-bond donors (Lipinski definition) is 1. The first-order valence-corrected chi connectivity index (χ1v) is 9.24. The zero-order valence-electron chi connectivity index (χ0n) is 13.3. The number of nitrogens with zero attached hydrogens (tertiary/aromatic N) is 1. The molecule has 0 unspecified atom stereocenters. The maximum Gasteiger partial charge on any atom is 0.251 e. The Kier molecular flexibility index (Phi) is 5.36. The third-order valence-corrected chi connectivity index (χ3v) is 5.68. The van der Waals surface area contributed by atoms with Crippen LogP contribution >= 0.6 is 15.9 Å². The van der Waals surface area contributed by atoms with Crippen LogP contribution in [0.1, 0.15) is 42.5 Å². The van der Waals surface area contributed by atoms with Crippen molar-refractivity contribution in [2.75, 3.05) is 19.6 Å². The molecule has 1 aromatic carbocycles. The van der Waals surface area contributed by atoms with Crippen molar-refractivity contribution in [3.05, 3.63) is 34.3 Å². The van der Waals surface area contributed by atoms with Crippen LogP contribution in [0.15, 0.2) is 28.7 Å². The van der Waals surface area contributed by atoms with Crippen molar-refractivity contribution in [1.82, 2.24) is 10.2 Å². The van der Waals surface area contributed by atoms with Crippen molar-refractivity contribution in [3.63, 3.8) is 0 Å². The van der Waals surface area contributed by atoms with Crippen molar-refractivity contribution in [1.29, 1.82) is 0 Å². The van der Waals surface area contributed by atoms with Gasteiger partial charge in [0.15, 0.2) is 0 Å². The molecule has 124 valence electrons. The molecule has 5 heteroatoms. The second-order valence-corrected chi connectivity index (χ2v) is 7.54. The maximum absolute atomic E-state index is 12.4. The highest BCUT2D eigenvalue weighted by Crippen LogP contribution is 2.35. The summed E-state index contributed by atoms with van der Waals surface area (Å²) in [6.45, 7) is 1.80. The zero-order chi connectivity index (χ0) is 16.2. The van der Waals surface area contributed by atoms with Crippen LogP contribution in [-0.2, 0) is 4.79 Å². The summed E-state index contributed by atoms with van der Waals surface area (Å²) < 4.78 is 0.931. The lowest BCUT2D eigenvalue weighted by Gasteiger charge is -2.41. The first kappa shape index (κ1) is 16.5. The molecular formula is C18H23BrN2O2. The quantitative estimate of drug-likeness (QED) is 0.877. The fourth-order valence-corrected chi connectivity index (χ4v) is 4.06. The minimum Gasteiger partial charge on any atom is -0.343 e. The molecule has 1 aliphatic heterocycles. The van der Waals surface area contributed by atoms with E-state index in [-0.39, 0.29) is 18.4 Å². The summed E-state index contributed by atoms with van der Waals surface area (Å²) in [5.74, 6) is 1.33. The summed E-state index contributed by atoms with van der Waals surface area (Å²) in [4.78, 5) is 26.4. The first-order valence-electron chi connectivity index (χ1n) is 8.45. The number of benzene rings is 1. The van der Waals surface area contributed by atoms with Crippen LogP contribution in [0.3, 0.4) is 0 Å². The SMILES string of the molecule is O=C(NCC(=O)N1CC[C@@H]2CCCC[C@@H]2C1)c1ccc(Br)cc1. The Morgan fingerprint density at radius 2 is 1.78 bits per heavy atom. The van der Waals surface area contributed by atoms with Gasteiger partial charge in [-0.25, -0.2) is 0 Å². The Hall–Kier alpha value is -1.36. The van der Waals surface area contributed by atoms with Gasteiger partial charge in [-0.05, 0) is 48.9 Å². The molecule has 1 heterocycles. The van der Waals surface area contributed by atoms with Crippen LogP contribution in [0, 0.1) is 11.8 Å². The summed E-state index contributed by atoms with van der Waals surface area (Å²) in [6, 6.07) is 7.14. The number of hydrogen-bond acceptors (Lipinski definition) is 2. The van der Waals surface area contributed by atoms with Crippen molar-refractivity contribution in [2.24, 2.45) is 11.8 Å². The highest BCUT2D eigenvalue weighted by molar-refractivity contribution is 9.10. The van der Waals surface area contributed by atoms with E-state index in [1.54, 1.807) is 12.1 Å². The van der Waals surface area contributed by atoms with Crippen LogP contribution in [0.5, 0.6) is 0 Å². The highest BCUT2D eigenvalue weighted by atomic mass is 79.9. The molecule has 2 aliphatic rings. The lowest BCUT2D eigenvalue weighted by atomic mass is 9.75. The lowest BCUT2D eigenvalue weighted by molar-refractivity contribution is -0.133. The monoisotopic (exact) mass is 378 g/mol. The smallest absolute Gasteiger partial charge is 0.251 e. The van der Waals surface area contributed by atoms with Crippen molar-refractivity contribution < 1.29 is 9.59 Å². The fraction of sp³-hybridized carbons (Fsp3) is 0.556. The van der Waals surface area contributed by atoms with E-state index >= 15 is 0 Å². The van der Waals surface area contributed by atoms with Crippen LogP contribution in [0.25, 0.3) is 0 Å². The lowest BCUT2D eigenvalue weighted by Crippen LogP contribution is -2.48. The number of nitrogens with one attached hydrogen (secondary N) is 1. The average Bonchev–Trinajstić information content (AvgIpc) is 2.59. The Balaban J connectivity index is 1.49. The molecule has 1 aliphatic carbocycles. The molecule has 2 atom stereocenters. The number of piperidine rings is 1. The molecule has 4 nitrogen and oxygen atoms in total. The van der Waals surface area contributed by atoms with E-state index in [0.29, 0.717) is 11.5 Å². The predicted octanol–water partition coefficient (Wildman–Crippen LogP) is 3.22.